The minimum Gasteiger partial charge on any atom is -0.439 e. The van der Waals surface area contributed by atoms with E-state index < -0.39 is 33.7 Å². The van der Waals surface area contributed by atoms with Gasteiger partial charge in [-0.2, -0.15) is 13.2 Å². The third-order valence-corrected chi connectivity index (χ3v) is 6.13. The number of carbonyl (C=O) groups excluding carboxylic acids is 1. The second-order valence-electron chi connectivity index (χ2n) is 7.34. The molecule has 0 saturated carbocycles. The van der Waals surface area contributed by atoms with Gasteiger partial charge in [0.25, 0.3) is 0 Å². The lowest BCUT2D eigenvalue weighted by Crippen LogP contribution is -2.55. The maximum atomic E-state index is 12.6. The third kappa shape index (κ3) is 6.55. The van der Waals surface area contributed by atoms with E-state index in [1.54, 1.807) is 4.90 Å². The molecule has 1 amide bonds. The van der Waals surface area contributed by atoms with E-state index in [1.165, 1.54) is 24.3 Å². The predicted molar refractivity (Wildman–Crippen MR) is 113 cm³/mol. The van der Waals surface area contributed by atoms with Crippen LogP contribution in [0.2, 0.25) is 0 Å². The summed E-state index contributed by atoms with van der Waals surface area (Å²) in [6, 6.07) is 6.88. The maximum Gasteiger partial charge on any atom is 0.417 e. The fraction of sp³-hybridized carbons (Fsp3) is 0.400. The molecule has 2 N–H and O–H groups in total. The molecule has 1 aliphatic heterocycles. The largest absolute Gasteiger partial charge is 0.439 e. The molecular weight excluding hydrogens is 465 g/mol. The molecule has 9 nitrogen and oxygen atoms in total. The number of primary amides is 1. The first-order chi connectivity index (χ1) is 15.4. The van der Waals surface area contributed by atoms with Gasteiger partial charge in [0.05, 0.1) is 37.3 Å². The number of ether oxygens (including phenoxy) is 2. The van der Waals surface area contributed by atoms with Crippen LogP contribution in [-0.4, -0.2) is 69.4 Å². The second-order valence-corrected chi connectivity index (χ2v) is 9.25. The molecule has 1 atom stereocenters. The molecule has 180 valence electrons. The summed E-state index contributed by atoms with van der Waals surface area (Å²) in [5.41, 5.74) is 4.91. The third-order valence-electron chi connectivity index (χ3n) is 4.96. The van der Waals surface area contributed by atoms with Crippen LogP contribution in [0.1, 0.15) is 5.56 Å². The van der Waals surface area contributed by atoms with Gasteiger partial charge in [0.2, 0.25) is 21.8 Å². The van der Waals surface area contributed by atoms with Crippen LogP contribution in [0.3, 0.4) is 0 Å². The number of nitrogens with zero attached hydrogens (tertiary/aromatic N) is 3. The number of amides is 1. The number of alkyl halides is 3. The highest BCUT2D eigenvalue weighted by atomic mass is 32.2. The molecule has 1 aromatic heterocycles. The molecule has 33 heavy (non-hydrogen) atoms. The van der Waals surface area contributed by atoms with E-state index in [0.29, 0.717) is 32.5 Å². The molecule has 3 rings (SSSR count). The SMILES string of the molecule is CS(=O)(=O)N(C[C@@H](C(N)=O)N1CCOCC1)c1ccc(Oc2ccc(C(F)(F)F)cn2)cc1. The van der Waals surface area contributed by atoms with Gasteiger partial charge >= 0.3 is 6.18 Å². The zero-order valence-corrected chi connectivity index (χ0v) is 18.5. The number of nitrogens with two attached hydrogens (primary N) is 1. The summed E-state index contributed by atoms with van der Waals surface area (Å²) in [6.07, 6.45) is -2.84. The van der Waals surface area contributed by atoms with Gasteiger partial charge in [0.15, 0.2) is 0 Å². The average Bonchev–Trinajstić information content (AvgIpc) is 2.74. The van der Waals surface area contributed by atoms with Crippen molar-refractivity contribution in [2.24, 2.45) is 5.73 Å². The van der Waals surface area contributed by atoms with Crippen molar-refractivity contribution in [1.82, 2.24) is 9.88 Å². The summed E-state index contributed by atoms with van der Waals surface area (Å²) in [4.78, 5) is 17.5. The molecule has 0 spiro atoms. The van der Waals surface area contributed by atoms with E-state index in [-0.39, 0.29) is 23.9 Å². The highest BCUT2D eigenvalue weighted by Crippen LogP contribution is 2.30. The Balaban J connectivity index is 1.77. The topological polar surface area (TPSA) is 115 Å². The zero-order chi connectivity index (χ0) is 24.2. The quantitative estimate of drug-likeness (QED) is 0.603. The Labute approximate surface area is 188 Å². The summed E-state index contributed by atoms with van der Waals surface area (Å²) in [5.74, 6) is -0.477. The number of aromatic nitrogens is 1. The Bertz CT molecular complexity index is 1060. The van der Waals surface area contributed by atoms with Crippen LogP contribution in [0.5, 0.6) is 11.6 Å². The molecule has 0 aliphatic carbocycles. The number of morpholine rings is 1. The fourth-order valence-corrected chi connectivity index (χ4v) is 4.19. The van der Waals surface area contributed by atoms with Crippen molar-refractivity contribution in [3.8, 4) is 11.6 Å². The minimum absolute atomic E-state index is 0.0585. The van der Waals surface area contributed by atoms with E-state index >= 15 is 0 Å². The molecule has 0 radical (unpaired) electrons. The normalized spacial score (nSPS) is 16.2. The van der Waals surface area contributed by atoms with Crippen molar-refractivity contribution >= 4 is 21.6 Å². The molecule has 0 unspecified atom stereocenters. The molecule has 1 aliphatic rings. The summed E-state index contributed by atoms with van der Waals surface area (Å²) in [5, 5.41) is 0. The second kappa shape index (κ2) is 9.93. The van der Waals surface area contributed by atoms with E-state index in [9.17, 15) is 26.4 Å². The number of sulfonamides is 1. The maximum absolute atomic E-state index is 12.6. The molecule has 0 bridgehead atoms. The lowest BCUT2D eigenvalue weighted by molar-refractivity contribution is -0.137. The van der Waals surface area contributed by atoms with Gasteiger partial charge < -0.3 is 15.2 Å². The average molecular weight is 488 g/mol. The van der Waals surface area contributed by atoms with E-state index in [0.717, 1.165) is 22.7 Å². The van der Waals surface area contributed by atoms with E-state index in [4.69, 9.17) is 15.2 Å². The Kier molecular flexibility index (Phi) is 7.44. The van der Waals surface area contributed by atoms with Crippen LogP contribution < -0.4 is 14.8 Å². The van der Waals surface area contributed by atoms with Gasteiger partial charge in [0.1, 0.15) is 11.8 Å². The number of benzene rings is 1. The van der Waals surface area contributed by atoms with Gasteiger partial charge in [-0.25, -0.2) is 13.4 Å². The number of halogens is 3. The van der Waals surface area contributed by atoms with E-state index in [2.05, 4.69) is 4.98 Å². The molecule has 2 heterocycles. The van der Waals surface area contributed by atoms with Crippen molar-refractivity contribution < 1.29 is 35.9 Å². The van der Waals surface area contributed by atoms with Gasteiger partial charge in [-0.15, -0.1) is 0 Å². The van der Waals surface area contributed by atoms with Crippen molar-refractivity contribution in [2.75, 3.05) is 43.4 Å². The monoisotopic (exact) mass is 488 g/mol. The lowest BCUT2D eigenvalue weighted by Gasteiger charge is -2.35. The van der Waals surface area contributed by atoms with Crippen LogP contribution in [0.15, 0.2) is 42.6 Å². The highest BCUT2D eigenvalue weighted by molar-refractivity contribution is 7.92. The summed E-state index contributed by atoms with van der Waals surface area (Å²) in [6.45, 7) is 1.52. The smallest absolute Gasteiger partial charge is 0.417 e. The number of carbonyl (C=O) groups is 1. The minimum atomic E-state index is -4.51. The van der Waals surface area contributed by atoms with Gasteiger partial charge in [-0.3, -0.25) is 14.0 Å². The van der Waals surface area contributed by atoms with Crippen LogP contribution in [0.25, 0.3) is 0 Å². The molecule has 13 heteroatoms. The predicted octanol–water partition coefficient (Wildman–Crippen LogP) is 1.84. The van der Waals surface area contributed by atoms with Crippen LogP contribution in [0.4, 0.5) is 18.9 Å². The Morgan fingerprint density at radius 3 is 2.33 bits per heavy atom. The Morgan fingerprint density at radius 1 is 1.21 bits per heavy atom. The highest BCUT2D eigenvalue weighted by Gasteiger charge is 2.32. The van der Waals surface area contributed by atoms with Crippen molar-refractivity contribution in [3.63, 3.8) is 0 Å². The first-order valence-electron chi connectivity index (χ1n) is 9.85. The number of rotatable bonds is 8. The van der Waals surface area contributed by atoms with E-state index in [1.807, 2.05) is 0 Å². The molecule has 1 saturated heterocycles. The molecule has 1 aromatic carbocycles. The van der Waals surface area contributed by atoms with Gasteiger partial charge in [0, 0.05) is 25.4 Å². The number of hydrogen-bond acceptors (Lipinski definition) is 7. The zero-order valence-electron chi connectivity index (χ0n) is 17.7. The van der Waals surface area contributed by atoms with Crippen LogP contribution >= 0.6 is 0 Å². The first-order valence-corrected chi connectivity index (χ1v) is 11.7. The van der Waals surface area contributed by atoms with Crippen LogP contribution in [0, 0.1) is 0 Å². The molecule has 1 fully saturated rings. The van der Waals surface area contributed by atoms with Crippen LogP contribution in [-0.2, 0) is 25.7 Å². The number of anilines is 1. The fourth-order valence-electron chi connectivity index (χ4n) is 3.27. The molecular formula is C20H23F3N4O5S. The first kappa shape index (κ1) is 24.7. The van der Waals surface area contributed by atoms with Gasteiger partial charge in [-0.1, -0.05) is 0 Å². The van der Waals surface area contributed by atoms with Crippen molar-refractivity contribution in [1.29, 1.82) is 0 Å². The summed E-state index contributed by atoms with van der Waals surface area (Å²) >= 11 is 0. The number of pyridine rings is 1. The Hall–Kier alpha value is -2.90. The summed E-state index contributed by atoms with van der Waals surface area (Å²) < 4.78 is 74.6. The number of hydrogen-bond donors (Lipinski definition) is 1. The van der Waals surface area contributed by atoms with Gasteiger partial charge in [-0.05, 0) is 30.3 Å². The lowest BCUT2D eigenvalue weighted by atomic mass is 10.2. The van der Waals surface area contributed by atoms with Crippen molar-refractivity contribution in [3.05, 3.63) is 48.2 Å². The standard InChI is InChI=1S/C20H23F3N4O5S/c1-33(29,30)27(13-17(19(24)28)26-8-10-31-11-9-26)15-3-5-16(6-4-15)32-18-7-2-14(12-25-18)20(21,22)23/h2-7,12,17H,8-11,13H2,1H3,(H2,24,28)/t17-/m0/s1. The Morgan fingerprint density at radius 2 is 1.85 bits per heavy atom. The summed E-state index contributed by atoms with van der Waals surface area (Å²) in [7, 11) is -3.77. The molecule has 2 aromatic rings. The van der Waals surface area contributed by atoms with Crippen molar-refractivity contribution in [2.45, 2.75) is 12.2 Å².